The Hall–Kier alpha value is -1.42. The summed E-state index contributed by atoms with van der Waals surface area (Å²) in [7, 11) is 0. The lowest BCUT2D eigenvalue weighted by molar-refractivity contribution is 0.228. The Labute approximate surface area is 114 Å². The van der Waals surface area contributed by atoms with Gasteiger partial charge >= 0.3 is 0 Å². The molecule has 0 aromatic heterocycles. The number of piperazine rings is 1. The van der Waals surface area contributed by atoms with Crippen LogP contribution in [0.5, 0.6) is 0 Å². The average molecular weight is 255 g/mol. The third-order valence-electron chi connectivity index (χ3n) is 3.89. The topological polar surface area (TPSA) is 41.3 Å². The molecule has 0 bridgehead atoms. The largest absolute Gasteiger partial charge is 0.323 e. The minimum absolute atomic E-state index is 0.0872. The molecule has 3 nitrogen and oxygen atoms in total. The number of fused-ring (bicyclic) bond motifs is 1. The predicted molar refractivity (Wildman–Crippen MR) is 80.2 cm³/mol. The van der Waals surface area contributed by atoms with E-state index in [1.54, 1.807) is 0 Å². The summed E-state index contributed by atoms with van der Waals surface area (Å²) in [6.07, 6.45) is 0. The number of benzene rings is 2. The van der Waals surface area contributed by atoms with Gasteiger partial charge in [0.25, 0.3) is 0 Å². The van der Waals surface area contributed by atoms with E-state index in [4.69, 9.17) is 5.73 Å². The SMILES string of the molecule is NC(CN1CCNCC1)c1cccc2ccccc12. The molecular formula is C16H21N3. The van der Waals surface area contributed by atoms with Gasteiger partial charge in [-0.15, -0.1) is 0 Å². The van der Waals surface area contributed by atoms with Crippen LogP contribution >= 0.6 is 0 Å². The average Bonchev–Trinajstić information content (AvgIpc) is 2.47. The zero-order valence-corrected chi connectivity index (χ0v) is 11.2. The number of nitrogens with two attached hydrogens (primary N) is 1. The summed E-state index contributed by atoms with van der Waals surface area (Å²) in [5.74, 6) is 0. The Morgan fingerprint density at radius 3 is 2.63 bits per heavy atom. The molecule has 0 saturated carbocycles. The molecule has 1 aliphatic rings. The van der Waals surface area contributed by atoms with Gasteiger partial charge in [-0.1, -0.05) is 42.5 Å². The van der Waals surface area contributed by atoms with Crippen molar-refractivity contribution in [1.82, 2.24) is 10.2 Å². The molecule has 1 heterocycles. The van der Waals surface area contributed by atoms with E-state index in [-0.39, 0.29) is 6.04 Å². The number of hydrogen-bond donors (Lipinski definition) is 2. The van der Waals surface area contributed by atoms with Crippen molar-refractivity contribution in [2.45, 2.75) is 6.04 Å². The fraction of sp³-hybridized carbons (Fsp3) is 0.375. The lowest BCUT2D eigenvalue weighted by Crippen LogP contribution is -2.45. The highest BCUT2D eigenvalue weighted by molar-refractivity contribution is 5.86. The van der Waals surface area contributed by atoms with Crippen molar-refractivity contribution < 1.29 is 0 Å². The van der Waals surface area contributed by atoms with E-state index in [9.17, 15) is 0 Å². The smallest absolute Gasteiger partial charge is 0.0430 e. The van der Waals surface area contributed by atoms with Gasteiger partial charge in [-0.2, -0.15) is 0 Å². The van der Waals surface area contributed by atoms with Crippen LogP contribution in [0.3, 0.4) is 0 Å². The first-order chi connectivity index (χ1) is 9.34. The van der Waals surface area contributed by atoms with Crippen LogP contribution in [0.25, 0.3) is 10.8 Å². The highest BCUT2D eigenvalue weighted by atomic mass is 15.2. The maximum atomic E-state index is 6.43. The van der Waals surface area contributed by atoms with Crippen molar-refractivity contribution >= 4 is 10.8 Å². The van der Waals surface area contributed by atoms with E-state index in [2.05, 4.69) is 52.7 Å². The molecular weight excluding hydrogens is 234 g/mol. The number of hydrogen-bond acceptors (Lipinski definition) is 3. The zero-order valence-electron chi connectivity index (χ0n) is 11.2. The van der Waals surface area contributed by atoms with Crippen molar-refractivity contribution in [1.29, 1.82) is 0 Å². The van der Waals surface area contributed by atoms with Crippen LogP contribution < -0.4 is 11.1 Å². The Bertz CT molecular complexity index is 541. The molecule has 1 fully saturated rings. The molecule has 1 saturated heterocycles. The Morgan fingerprint density at radius 2 is 1.79 bits per heavy atom. The van der Waals surface area contributed by atoms with Gasteiger partial charge in [0.1, 0.15) is 0 Å². The van der Waals surface area contributed by atoms with Crippen LogP contribution in [-0.4, -0.2) is 37.6 Å². The van der Waals surface area contributed by atoms with E-state index in [0.29, 0.717) is 0 Å². The zero-order chi connectivity index (χ0) is 13.1. The lowest BCUT2D eigenvalue weighted by atomic mass is 9.99. The predicted octanol–water partition coefficient (Wildman–Crippen LogP) is 1.74. The van der Waals surface area contributed by atoms with E-state index in [0.717, 1.165) is 32.7 Å². The molecule has 0 radical (unpaired) electrons. The van der Waals surface area contributed by atoms with Gasteiger partial charge in [0.2, 0.25) is 0 Å². The van der Waals surface area contributed by atoms with Crippen LogP contribution in [0, 0.1) is 0 Å². The number of nitrogens with zero attached hydrogens (tertiary/aromatic N) is 1. The molecule has 0 spiro atoms. The third-order valence-corrected chi connectivity index (χ3v) is 3.89. The summed E-state index contributed by atoms with van der Waals surface area (Å²) in [4.78, 5) is 2.45. The summed E-state index contributed by atoms with van der Waals surface area (Å²) >= 11 is 0. The first kappa shape index (κ1) is 12.6. The maximum Gasteiger partial charge on any atom is 0.0430 e. The van der Waals surface area contributed by atoms with Crippen molar-refractivity contribution in [3.8, 4) is 0 Å². The second kappa shape index (κ2) is 5.70. The molecule has 1 atom stereocenters. The van der Waals surface area contributed by atoms with Crippen LogP contribution in [0.2, 0.25) is 0 Å². The fourth-order valence-electron chi connectivity index (χ4n) is 2.84. The standard InChI is InChI=1S/C16H21N3/c17-16(12-19-10-8-18-9-11-19)15-7-3-5-13-4-1-2-6-14(13)15/h1-7,16,18H,8-12,17H2. The van der Waals surface area contributed by atoms with Crippen molar-refractivity contribution in [3.05, 3.63) is 48.0 Å². The van der Waals surface area contributed by atoms with Gasteiger partial charge in [0.15, 0.2) is 0 Å². The molecule has 3 heteroatoms. The molecule has 3 N–H and O–H groups in total. The Kier molecular flexibility index (Phi) is 3.78. The quantitative estimate of drug-likeness (QED) is 0.878. The summed E-state index contributed by atoms with van der Waals surface area (Å²) in [6.45, 7) is 5.27. The molecule has 3 rings (SSSR count). The third kappa shape index (κ3) is 2.78. The Balaban J connectivity index is 1.82. The molecule has 1 aliphatic heterocycles. The Morgan fingerprint density at radius 1 is 1.05 bits per heavy atom. The maximum absolute atomic E-state index is 6.43. The van der Waals surface area contributed by atoms with E-state index in [1.165, 1.54) is 16.3 Å². The summed E-state index contributed by atoms with van der Waals surface area (Å²) in [6, 6.07) is 15.0. The van der Waals surface area contributed by atoms with Crippen LogP contribution in [0.1, 0.15) is 11.6 Å². The molecule has 19 heavy (non-hydrogen) atoms. The minimum Gasteiger partial charge on any atom is -0.323 e. The minimum atomic E-state index is 0.0872. The highest BCUT2D eigenvalue weighted by Gasteiger charge is 2.16. The van der Waals surface area contributed by atoms with Gasteiger partial charge in [-0.25, -0.2) is 0 Å². The van der Waals surface area contributed by atoms with Crippen LogP contribution in [0.15, 0.2) is 42.5 Å². The second-order valence-electron chi connectivity index (χ2n) is 5.23. The highest BCUT2D eigenvalue weighted by Crippen LogP contribution is 2.23. The van der Waals surface area contributed by atoms with Crippen molar-refractivity contribution in [2.24, 2.45) is 5.73 Å². The molecule has 2 aromatic carbocycles. The van der Waals surface area contributed by atoms with Crippen molar-refractivity contribution in [3.63, 3.8) is 0 Å². The molecule has 1 unspecified atom stereocenters. The fourth-order valence-corrected chi connectivity index (χ4v) is 2.84. The van der Waals surface area contributed by atoms with E-state index < -0.39 is 0 Å². The van der Waals surface area contributed by atoms with Gasteiger partial charge in [-0.05, 0) is 16.3 Å². The molecule has 0 aliphatic carbocycles. The number of rotatable bonds is 3. The molecule has 0 amide bonds. The number of nitrogens with one attached hydrogen (secondary N) is 1. The van der Waals surface area contributed by atoms with Crippen molar-refractivity contribution in [2.75, 3.05) is 32.7 Å². The van der Waals surface area contributed by atoms with E-state index in [1.807, 2.05) is 0 Å². The van der Waals surface area contributed by atoms with Gasteiger partial charge in [-0.3, -0.25) is 4.90 Å². The lowest BCUT2D eigenvalue weighted by Gasteiger charge is -2.30. The van der Waals surface area contributed by atoms with Crippen LogP contribution in [0.4, 0.5) is 0 Å². The second-order valence-corrected chi connectivity index (χ2v) is 5.23. The summed E-state index contributed by atoms with van der Waals surface area (Å²) in [5, 5.41) is 5.93. The van der Waals surface area contributed by atoms with Crippen LogP contribution in [-0.2, 0) is 0 Å². The monoisotopic (exact) mass is 255 g/mol. The summed E-state index contributed by atoms with van der Waals surface area (Å²) < 4.78 is 0. The first-order valence-electron chi connectivity index (χ1n) is 7.01. The molecule has 2 aromatic rings. The molecule has 100 valence electrons. The van der Waals surface area contributed by atoms with Gasteiger partial charge < -0.3 is 11.1 Å². The van der Waals surface area contributed by atoms with Gasteiger partial charge in [0, 0.05) is 38.8 Å². The summed E-state index contributed by atoms with van der Waals surface area (Å²) in [5.41, 5.74) is 7.69. The normalized spacial score (nSPS) is 18.6. The first-order valence-corrected chi connectivity index (χ1v) is 7.01. The van der Waals surface area contributed by atoms with Gasteiger partial charge in [0.05, 0.1) is 0 Å². The van der Waals surface area contributed by atoms with E-state index >= 15 is 0 Å².